The average Bonchev–Trinajstić information content (AvgIpc) is 3.01. The second-order valence-corrected chi connectivity index (χ2v) is 13.1. The zero-order valence-electron chi connectivity index (χ0n) is 21.6. The van der Waals surface area contributed by atoms with Crippen molar-refractivity contribution in [3.8, 4) is 0 Å². The van der Waals surface area contributed by atoms with Crippen molar-refractivity contribution in [1.29, 1.82) is 0 Å². The summed E-state index contributed by atoms with van der Waals surface area (Å²) in [5, 5.41) is 8.39. The van der Waals surface area contributed by atoms with Crippen LogP contribution in [0.2, 0.25) is 0 Å². The molecule has 0 amide bonds. The van der Waals surface area contributed by atoms with Gasteiger partial charge in [-0.3, -0.25) is 0 Å². The fourth-order valence-corrected chi connectivity index (χ4v) is 8.97. The summed E-state index contributed by atoms with van der Waals surface area (Å²) < 4.78 is 0. The summed E-state index contributed by atoms with van der Waals surface area (Å²) in [5.74, 6) is 0. The maximum atomic E-state index is 2.23. The van der Waals surface area contributed by atoms with Crippen LogP contribution >= 0.6 is 15.8 Å². The van der Waals surface area contributed by atoms with E-state index in [9.17, 15) is 0 Å². The summed E-state index contributed by atoms with van der Waals surface area (Å²) in [6.45, 7) is 0. The molecule has 192 valence electrons. The molecule has 3 heteroatoms. The molecule has 0 aliphatic rings. The minimum atomic E-state index is -0.446. The van der Waals surface area contributed by atoms with E-state index in [1.54, 1.807) is 0 Å². The number of benzene rings is 6. The summed E-state index contributed by atoms with van der Waals surface area (Å²) in [5.41, 5.74) is 0. The second kappa shape index (κ2) is 15.4. The molecule has 0 aliphatic carbocycles. The Bertz CT molecular complexity index is 1170. The van der Waals surface area contributed by atoms with Crippen molar-refractivity contribution in [1.82, 2.24) is 0 Å². The molecule has 6 aromatic rings. The summed E-state index contributed by atoms with van der Waals surface area (Å²) >= 11 is 0. The van der Waals surface area contributed by atoms with E-state index in [-0.39, 0.29) is 19.5 Å². The monoisotopic (exact) mass is 626 g/mol. The Morgan fingerprint density at radius 2 is 0.333 bits per heavy atom. The fourth-order valence-electron chi connectivity index (χ4n) is 4.36. The van der Waals surface area contributed by atoms with Crippen LogP contribution in [0.1, 0.15) is 0 Å². The summed E-state index contributed by atoms with van der Waals surface area (Å²) in [6.07, 6.45) is 0. The largest absolute Gasteiger partial charge is 0.0622 e. The van der Waals surface area contributed by atoms with Crippen molar-refractivity contribution in [3.05, 3.63) is 182 Å². The van der Waals surface area contributed by atoms with Crippen LogP contribution in [0.15, 0.2) is 182 Å². The van der Waals surface area contributed by atoms with Gasteiger partial charge >= 0.3 is 0 Å². The topological polar surface area (TPSA) is 0 Å². The van der Waals surface area contributed by atoms with Crippen LogP contribution < -0.4 is 31.8 Å². The van der Waals surface area contributed by atoms with Crippen LogP contribution in [-0.4, -0.2) is 0 Å². The van der Waals surface area contributed by atoms with Gasteiger partial charge in [0, 0.05) is 19.5 Å². The van der Waals surface area contributed by atoms with E-state index in [1.165, 1.54) is 31.8 Å². The van der Waals surface area contributed by atoms with Gasteiger partial charge in [0.05, 0.1) is 0 Å². The van der Waals surface area contributed by atoms with E-state index in [0.29, 0.717) is 0 Å². The Balaban J connectivity index is 0.000000176. The van der Waals surface area contributed by atoms with E-state index in [4.69, 9.17) is 0 Å². The van der Waals surface area contributed by atoms with Gasteiger partial charge in [-0.25, -0.2) is 0 Å². The first-order chi connectivity index (χ1) is 18.9. The van der Waals surface area contributed by atoms with Gasteiger partial charge in [-0.05, 0) is 47.7 Å². The van der Waals surface area contributed by atoms with Crippen molar-refractivity contribution in [3.63, 3.8) is 0 Å². The van der Waals surface area contributed by atoms with E-state index in [0.717, 1.165) is 0 Å². The SMILES string of the molecule is [Ru].c1ccc(P(c2ccccc2)c2ccccc2)cc1.c1ccc(P(c2ccccc2)c2ccccc2)cc1. The van der Waals surface area contributed by atoms with Crippen molar-refractivity contribution >= 4 is 47.7 Å². The molecule has 0 fully saturated rings. The minimum absolute atomic E-state index is 0. The predicted molar refractivity (Wildman–Crippen MR) is 170 cm³/mol. The van der Waals surface area contributed by atoms with Gasteiger partial charge < -0.3 is 0 Å². The molecule has 0 saturated heterocycles. The molecule has 0 nitrogen and oxygen atoms in total. The molecule has 0 aromatic heterocycles. The molecule has 0 heterocycles. The third-order valence-electron chi connectivity index (χ3n) is 6.09. The zero-order valence-corrected chi connectivity index (χ0v) is 25.1. The average molecular weight is 626 g/mol. The fraction of sp³-hybridized carbons (Fsp3) is 0. The van der Waals surface area contributed by atoms with Crippen molar-refractivity contribution in [2.75, 3.05) is 0 Å². The normalized spacial score (nSPS) is 10.3. The van der Waals surface area contributed by atoms with Crippen LogP contribution in [0.25, 0.3) is 0 Å². The van der Waals surface area contributed by atoms with E-state index in [2.05, 4.69) is 182 Å². The molecular weight excluding hydrogens is 595 g/mol. The van der Waals surface area contributed by atoms with Gasteiger partial charge in [0.25, 0.3) is 0 Å². The van der Waals surface area contributed by atoms with Crippen molar-refractivity contribution in [2.24, 2.45) is 0 Å². The van der Waals surface area contributed by atoms with Crippen LogP contribution in [0.5, 0.6) is 0 Å². The Labute approximate surface area is 248 Å². The minimum Gasteiger partial charge on any atom is -0.0622 e. The first kappa shape index (κ1) is 28.8. The van der Waals surface area contributed by atoms with Gasteiger partial charge in [-0.15, -0.1) is 0 Å². The van der Waals surface area contributed by atoms with Crippen molar-refractivity contribution < 1.29 is 19.5 Å². The molecule has 0 spiro atoms. The molecule has 6 aromatic carbocycles. The predicted octanol–water partition coefficient (Wildman–Crippen LogP) is 6.89. The third-order valence-corrected chi connectivity index (χ3v) is 11.0. The van der Waals surface area contributed by atoms with Crippen LogP contribution in [-0.2, 0) is 19.5 Å². The Kier molecular flexibility index (Phi) is 11.4. The molecule has 0 radical (unpaired) electrons. The number of rotatable bonds is 6. The number of hydrogen-bond acceptors (Lipinski definition) is 0. The summed E-state index contributed by atoms with van der Waals surface area (Å²) in [6, 6.07) is 64.7. The molecule has 39 heavy (non-hydrogen) atoms. The molecule has 0 saturated carbocycles. The van der Waals surface area contributed by atoms with Gasteiger partial charge in [0.2, 0.25) is 0 Å². The summed E-state index contributed by atoms with van der Waals surface area (Å²) in [7, 11) is -0.892. The van der Waals surface area contributed by atoms with Gasteiger partial charge in [-0.1, -0.05) is 182 Å². The maximum absolute atomic E-state index is 2.23. The molecule has 6 rings (SSSR count). The van der Waals surface area contributed by atoms with E-state index in [1.807, 2.05) is 0 Å². The van der Waals surface area contributed by atoms with Crippen molar-refractivity contribution in [2.45, 2.75) is 0 Å². The number of hydrogen-bond donors (Lipinski definition) is 0. The second-order valence-electron chi connectivity index (χ2n) is 8.68. The van der Waals surface area contributed by atoms with Gasteiger partial charge in [-0.2, -0.15) is 0 Å². The van der Waals surface area contributed by atoms with Crippen LogP contribution in [0, 0.1) is 0 Å². The molecule has 0 bridgehead atoms. The Morgan fingerprint density at radius 1 is 0.205 bits per heavy atom. The quantitative estimate of drug-likeness (QED) is 0.140. The smallest absolute Gasteiger partial charge is 0 e. The van der Waals surface area contributed by atoms with E-state index < -0.39 is 15.8 Å². The Hall–Kier alpha value is -3.20. The molecule has 0 atom stereocenters. The van der Waals surface area contributed by atoms with Gasteiger partial charge in [0.1, 0.15) is 0 Å². The summed E-state index contributed by atoms with van der Waals surface area (Å²) in [4.78, 5) is 0. The first-order valence-electron chi connectivity index (χ1n) is 12.8. The Morgan fingerprint density at radius 3 is 0.462 bits per heavy atom. The molecular formula is C36H30P2Ru. The zero-order chi connectivity index (χ0) is 25.8. The van der Waals surface area contributed by atoms with E-state index >= 15 is 0 Å². The maximum Gasteiger partial charge on any atom is 0 e. The molecule has 0 unspecified atom stereocenters. The molecule has 0 N–H and O–H groups in total. The third kappa shape index (κ3) is 7.91. The molecule has 0 aliphatic heterocycles. The van der Waals surface area contributed by atoms with Crippen LogP contribution in [0.4, 0.5) is 0 Å². The van der Waals surface area contributed by atoms with Crippen LogP contribution in [0.3, 0.4) is 0 Å². The first-order valence-corrected chi connectivity index (χ1v) is 15.5. The van der Waals surface area contributed by atoms with Gasteiger partial charge in [0.15, 0.2) is 0 Å². The standard InChI is InChI=1S/2C18H15P.Ru/c2*1-4-10-16(11-5-1)19(17-12-6-2-7-13-17)18-14-8-3-9-15-18;/h2*1-15H;.